The van der Waals surface area contributed by atoms with Crippen LogP contribution in [-0.2, 0) is 21.2 Å². The van der Waals surface area contributed by atoms with E-state index in [1.807, 2.05) is 0 Å². The average molecular weight is 485 g/mol. The number of hydrogen-bond donors (Lipinski definition) is 1. The summed E-state index contributed by atoms with van der Waals surface area (Å²) in [5, 5.41) is 13.0. The van der Waals surface area contributed by atoms with E-state index in [0.717, 1.165) is 18.4 Å². The van der Waals surface area contributed by atoms with Crippen LogP contribution in [0.15, 0.2) is 64.2 Å². The number of ether oxygens (including phenoxy) is 2. The number of carboxylic acid groups (broad SMARTS) is 1. The van der Waals surface area contributed by atoms with Gasteiger partial charge in [-0.05, 0) is 35.4 Å². The van der Waals surface area contributed by atoms with E-state index in [1.165, 1.54) is 12.3 Å². The van der Waals surface area contributed by atoms with Gasteiger partial charge in [0.05, 0.1) is 12.1 Å². The van der Waals surface area contributed by atoms with Crippen LogP contribution in [-0.4, -0.2) is 37.3 Å². The first-order chi connectivity index (χ1) is 15.4. The molecule has 3 rings (SSSR count). The Bertz CT molecular complexity index is 1210. The molecule has 0 fully saturated rings. The summed E-state index contributed by atoms with van der Waals surface area (Å²) in [6.07, 6.45) is -3.12. The van der Waals surface area contributed by atoms with Gasteiger partial charge in [0.2, 0.25) is 0 Å². The van der Waals surface area contributed by atoms with Gasteiger partial charge in [0.25, 0.3) is 0 Å². The van der Waals surface area contributed by atoms with Crippen LogP contribution >= 0.6 is 0 Å². The van der Waals surface area contributed by atoms with E-state index < -0.39 is 38.7 Å². The molecule has 8 nitrogen and oxygen atoms in total. The molecule has 1 aromatic heterocycles. The van der Waals surface area contributed by atoms with Gasteiger partial charge in [-0.25, -0.2) is 8.42 Å². The van der Waals surface area contributed by atoms with Gasteiger partial charge in [0.15, 0.2) is 9.84 Å². The zero-order chi connectivity index (χ0) is 24.2. The topological polar surface area (TPSA) is 116 Å². The van der Waals surface area contributed by atoms with E-state index in [4.69, 9.17) is 9.26 Å². The molecule has 3 aromatic rings. The largest absolute Gasteiger partial charge is 0.573 e. The van der Waals surface area contributed by atoms with Crippen molar-refractivity contribution in [2.45, 2.75) is 30.2 Å². The molecule has 1 N–H and O–H groups in total. The van der Waals surface area contributed by atoms with Gasteiger partial charge < -0.3 is 19.1 Å². The minimum Gasteiger partial charge on any atom is -0.489 e. The van der Waals surface area contributed by atoms with Gasteiger partial charge in [-0.3, -0.25) is 4.79 Å². The first-order valence-electron chi connectivity index (χ1n) is 9.36. The molecular weight excluding hydrogens is 467 g/mol. The number of halogens is 3. The number of aromatic nitrogens is 1. The molecule has 1 heterocycles. The number of hydrogen-bond acceptors (Lipinski definition) is 7. The van der Waals surface area contributed by atoms with Gasteiger partial charge >= 0.3 is 12.3 Å². The summed E-state index contributed by atoms with van der Waals surface area (Å²) in [5.74, 6) is -1.99. The maximum absolute atomic E-state index is 12.5. The van der Waals surface area contributed by atoms with Crippen molar-refractivity contribution in [3.05, 3.63) is 71.6 Å². The molecule has 0 bridgehead atoms. The van der Waals surface area contributed by atoms with Gasteiger partial charge in [-0.2, -0.15) is 0 Å². The predicted molar refractivity (Wildman–Crippen MR) is 108 cm³/mol. The SMILES string of the molecule is CS(=O)(=O)c1cc(COc2ccc([C@H](CC(=O)O)c3ccon3)cc2)ccc1OC(F)(F)F. The number of benzene rings is 2. The minimum atomic E-state index is -5.04. The third-order valence-electron chi connectivity index (χ3n) is 4.51. The predicted octanol–water partition coefficient (Wildman–Crippen LogP) is 4.16. The Labute approximate surface area is 186 Å². The molecule has 0 saturated heterocycles. The van der Waals surface area contributed by atoms with E-state index >= 15 is 0 Å². The zero-order valence-electron chi connectivity index (χ0n) is 17.1. The number of sulfone groups is 1. The van der Waals surface area contributed by atoms with Crippen molar-refractivity contribution in [3.63, 3.8) is 0 Å². The zero-order valence-corrected chi connectivity index (χ0v) is 17.9. The molecule has 0 radical (unpaired) electrons. The highest BCUT2D eigenvalue weighted by molar-refractivity contribution is 7.90. The normalized spacial score (nSPS) is 12.8. The minimum absolute atomic E-state index is 0.129. The summed E-state index contributed by atoms with van der Waals surface area (Å²) < 4.78 is 75.6. The van der Waals surface area contributed by atoms with Crippen molar-refractivity contribution in [2.75, 3.05) is 6.26 Å². The van der Waals surface area contributed by atoms with Crippen LogP contribution in [0.5, 0.6) is 11.5 Å². The summed E-state index contributed by atoms with van der Waals surface area (Å²) >= 11 is 0. The number of carbonyl (C=O) groups is 1. The van der Waals surface area contributed by atoms with E-state index in [9.17, 15) is 31.5 Å². The highest BCUT2D eigenvalue weighted by atomic mass is 32.2. The van der Waals surface area contributed by atoms with Crippen LogP contribution in [0.25, 0.3) is 0 Å². The first kappa shape index (κ1) is 24.1. The van der Waals surface area contributed by atoms with E-state index in [-0.39, 0.29) is 13.0 Å². The van der Waals surface area contributed by atoms with Gasteiger partial charge in [-0.15, -0.1) is 13.2 Å². The van der Waals surface area contributed by atoms with Crippen LogP contribution in [0, 0.1) is 0 Å². The number of carboxylic acids is 1. The first-order valence-corrected chi connectivity index (χ1v) is 11.2. The summed E-state index contributed by atoms with van der Waals surface area (Å²) in [6, 6.07) is 11.3. The fraction of sp³-hybridized carbons (Fsp3) is 0.238. The van der Waals surface area contributed by atoms with Crippen molar-refractivity contribution in [1.29, 1.82) is 0 Å². The second-order valence-corrected chi connectivity index (χ2v) is 9.02. The Morgan fingerprint density at radius 1 is 1.15 bits per heavy atom. The summed E-state index contributed by atoms with van der Waals surface area (Å²) in [5.41, 5.74) is 1.42. The molecule has 0 unspecified atom stereocenters. The Morgan fingerprint density at radius 2 is 1.85 bits per heavy atom. The third-order valence-corrected chi connectivity index (χ3v) is 5.63. The number of aliphatic carboxylic acids is 1. The molecule has 12 heteroatoms. The molecule has 33 heavy (non-hydrogen) atoms. The van der Waals surface area contributed by atoms with E-state index in [1.54, 1.807) is 30.3 Å². The fourth-order valence-electron chi connectivity index (χ4n) is 3.07. The highest BCUT2D eigenvalue weighted by Crippen LogP contribution is 2.31. The van der Waals surface area contributed by atoms with Crippen LogP contribution in [0.2, 0.25) is 0 Å². The van der Waals surface area contributed by atoms with Crippen molar-refractivity contribution in [2.24, 2.45) is 0 Å². The Balaban J connectivity index is 1.75. The monoisotopic (exact) mass is 485 g/mol. The van der Waals surface area contributed by atoms with Gasteiger partial charge in [-0.1, -0.05) is 23.4 Å². The lowest BCUT2D eigenvalue weighted by Crippen LogP contribution is -2.19. The molecule has 0 aliphatic carbocycles. The molecule has 176 valence electrons. The third kappa shape index (κ3) is 6.72. The van der Waals surface area contributed by atoms with Crippen molar-refractivity contribution in [1.82, 2.24) is 5.16 Å². The van der Waals surface area contributed by atoms with Gasteiger partial charge in [0, 0.05) is 18.2 Å². The summed E-state index contributed by atoms with van der Waals surface area (Å²) in [6.45, 7) is -0.129. The number of nitrogens with zero attached hydrogens (tertiary/aromatic N) is 1. The van der Waals surface area contributed by atoms with Crippen LogP contribution in [0.3, 0.4) is 0 Å². The number of rotatable bonds is 9. The lowest BCUT2D eigenvalue weighted by atomic mass is 9.92. The average Bonchev–Trinajstić information content (AvgIpc) is 3.24. The highest BCUT2D eigenvalue weighted by Gasteiger charge is 2.33. The smallest absolute Gasteiger partial charge is 0.489 e. The quantitative estimate of drug-likeness (QED) is 0.480. The van der Waals surface area contributed by atoms with Crippen LogP contribution in [0.1, 0.15) is 29.2 Å². The lowest BCUT2D eigenvalue weighted by molar-refractivity contribution is -0.275. The maximum atomic E-state index is 12.5. The number of alkyl halides is 3. The molecule has 0 saturated carbocycles. The fourth-order valence-corrected chi connectivity index (χ4v) is 3.91. The second-order valence-electron chi connectivity index (χ2n) is 7.03. The molecule has 0 spiro atoms. The van der Waals surface area contributed by atoms with Crippen LogP contribution in [0.4, 0.5) is 13.2 Å². The Hall–Kier alpha value is -3.54. The molecule has 0 amide bonds. The van der Waals surface area contributed by atoms with Gasteiger partial charge in [0.1, 0.15) is 29.3 Å². The Kier molecular flexibility index (Phi) is 6.96. The summed E-state index contributed by atoms with van der Waals surface area (Å²) in [4.78, 5) is 10.6. The standard InChI is InChI=1S/C21H18F3NO7S/c1-33(28,29)19-10-13(2-7-18(19)32-21(22,23)24)12-30-15-5-3-14(4-6-15)16(11-20(26)27)17-8-9-31-25-17/h2-10,16H,11-12H2,1H3,(H,26,27)/t16-/m0/s1. The van der Waals surface area contributed by atoms with Crippen molar-refractivity contribution >= 4 is 15.8 Å². The lowest BCUT2D eigenvalue weighted by Gasteiger charge is -2.15. The van der Waals surface area contributed by atoms with E-state index in [2.05, 4.69) is 9.89 Å². The second kappa shape index (κ2) is 9.53. The molecule has 0 aliphatic heterocycles. The van der Waals surface area contributed by atoms with Crippen LogP contribution < -0.4 is 9.47 Å². The molecular formula is C21H18F3NO7S. The summed E-state index contributed by atoms with van der Waals surface area (Å²) in [7, 11) is -4.00. The maximum Gasteiger partial charge on any atom is 0.573 e. The molecule has 1 atom stereocenters. The van der Waals surface area contributed by atoms with E-state index in [0.29, 0.717) is 22.6 Å². The Morgan fingerprint density at radius 3 is 2.39 bits per heavy atom. The molecule has 0 aliphatic rings. The molecule has 2 aromatic carbocycles. The van der Waals surface area contributed by atoms with Crippen molar-refractivity contribution in [3.8, 4) is 11.5 Å². The van der Waals surface area contributed by atoms with Crippen molar-refractivity contribution < 1.29 is 45.5 Å².